The molecule has 0 aromatic rings. The number of sulfone groups is 1. The monoisotopic (exact) mass is 2110 g/mol. The molecular formula is C122H247F3N12O7S2. The van der Waals surface area contributed by atoms with Crippen molar-refractivity contribution in [2.24, 2.45) is 17.8 Å². The van der Waals surface area contributed by atoms with Crippen molar-refractivity contribution in [3.05, 3.63) is 12.2 Å². The summed E-state index contributed by atoms with van der Waals surface area (Å²) in [6.07, 6.45) is 25.6. The first-order valence-corrected chi connectivity index (χ1v) is 62.4. The number of halogens is 3. The molecule has 0 bridgehead atoms. The van der Waals surface area contributed by atoms with Gasteiger partial charge < -0.3 is 29.3 Å². The average molecular weight is 2120 g/mol. The third kappa shape index (κ3) is 45.8. The Labute approximate surface area is 908 Å². The van der Waals surface area contributed by atoms with E-state index in [9.17, 15) is 31.8 Å². The van der Waals surface area contributed by atoms with E-state index < -0.39 is 40.2 Å². The molecule has 0 amide bonds. The lowest BCUT2D eigenvalue weighted by Crippen LogP contribution is -2.60. The molecule has 11 rings (SSSR count). The van der Waals surface area contributed by atoms with Gasteiger partial charge in [-0.2, -0.15) is 23.7 Å². The molecule has 11 saturated heterocycles. The molecule has 11 heterocycles. The van der Waals surface area contributed by atoms with E-state index in [1.54, 1.807) is 0 Å². The summed E-state index contributed by atoms with van der Waals surface area (Å²) in [5, 5.41) is 18.9. The van der Waals surface area contributed by atoms with Gasteiger partial charge in [0, 0.05) is 212 Å². The number of hydrogen-bond acceptors (Lipinski definition) is 19. The maximum atomic E-state index is 12.6. The first-order valence-electron chi connectivity index (χ1n) is 58.8. The van der Waals surface area contributed by atoms with Crippen molar-refractivity contribution < 1.29 is 46.0 Å². The second-order valence-electron chi connectivity index (χ2n) is 54.5. The standard InChI is InChI=1S/C13H27NO.C13H27N.C12H25N.C11H20F3NO.C11H20N2.C11H23NO2S.C11H23N.C11H21N.C10H21NO2.C10H21NS.C9H19NO/c1-11(2)9-13(10-15-5)7-6-8-14(13)12(3)4;1-6-13(10-11(2)3)8-7-9-14(13)12(4)5;1-5-8-12(6-2)9-7-10-13(12)11(3)4;1-9(2)15-6-4-5-10(15,8-16-3)7-11(12,13)14;1-6-12-7-8-13(10(2)3)11(4,5)9-12;1-9(2)12-7-6-10(15(5,13)14)8-11(12,3)4;2*1-9(2)12-7-6-10(3)8-11(12,4)5;1-7(2)11-6-9(13)8(12)5-10(11,3)4;1-9(2)11-6-7-12(5)8-10(11,3)4;1-8(2)10-5-6-11-7-9(10,3)4/h11-12H,6-10H2,1-5H3;11-12H,6-10H2,1-5H3;11H,5-10H2,1-4H3;9H,4-8H2,1-3H3;1,10H,7-9H2,2-5H3;9-10H,6-8H2,1-5H3;9-10H,6-8H2,1-5H3;9H,3,6-8H2,1-2,4-5H3;7-9,12-13H,5-6H2,1-4H3;9H,5-8H2,1-4H3;8H,5-7H2,1-4H3/t;;;;;;;;8-,9+;;/m........1../s1. The van der Waals surface area contributed by atoms with Gasteiger partial charge in [-0.1, -0.05) is 86.3 Å². The zero-order valence-corrected chi connectivity index (χ0v) is 107. The van der Waals surface area contributed by atoms with Gasteiger partial charge in [0.25, 0.3) is 0 Å². The van der Waals surface area contributed by atoms with Crippen LogP contribution in [-0.4, -0.2) is 378 Å². The highest BCUT2D eigenvalue weighted by atomic mass is 32.2. The Bertz CT molecular complexity index is 3700. The Balaban J connectivity index is 0.000000804. The van der Waals surface area contributed by atoms with E-state index in [1.165, 1.54) is 166 Å². The molecule has 9 atom stereocenters. The predicted molar refractivity (Wildman–Crippen MR) is 632 cm³/mol. The van der Waals surface area contributed by atoms with Crippen LogP contribution in [0.15, 0.2) is 12.2 Å². The molecule has 0 radical (unpaired) electrons. The topological polar surface area (TPSA) is 141 Å². The zero-order valence-electron chi connectivity index (χ0n) is 105. The summed E-state index contributed by atoms with van der Waals surface area (Å²) in [5.74, 6) is 9.24. The number of aliphatic hydroxyl groups is 2. The second-order valence-corrected chi connectivity index (χ2v) is 58.8. The highest BCUT2D eigenvalue weighted by molar-refractivity contribution is 8.14. The number of methoxy groups -OCH3 is 2. The van der Waals surface area contributed by atoms with E-state index in [4.69, 9.17) is 20.6 Å². The first kappa shape index (κ1) is 142. The van der Waals surface area contributed by atoms with E-state index in [1.807, 2.05) is 25.9 Å². The number of piperidine rings is 4. The molecule has 870 valence electrons. The van der Waals surface area contributed by atoms with Gasteiger partial charge in [0.2, 0.25) is 0 Å². The fraction of sp³-hybridized carbons (Fsp3) is 0.959. The van der Waals surface area contributed by atoms with E-state index in [2.05, 4.69) is 363 Å². The Morgan fingerprint density at radius 1 is 0.452 bits per heavy atom. The van der Waals surface area contributed by atoms with Crippen LogP contribution in [0.2, 0.25) is 0 Å². The molecule has 2 N–H and O–H groups in total. The number of ether oxygens (including phenoxy) is 3. The number of likely N-dealkylation sites (tertiary alicyclic amines) is 8. The summed E-state index contributed by atoms with van der Waals surface area (Å²) in [7, 11) is 0.838. The highest BCUT2D eigenvalue weighted by Crippen LogP contribution is 2.45. The summed E-state index contributed by atoms with van der Waals surface area (Å²) < 4.78 is 76.9. The Hall–Kier alpha value is -1.58. The van der Waals surface area contributed by atoms with Crippen molar-refractivity contribution in [3.63, 3.8) is 0 Å². The molecule has 0 aliphatic carbocycles. The predicted octanol–water partition coefficient (Wildman–Crippen LogP) is 26.0. The molecule has 11 aliphatic rings. The SMILES string of the molecule is C#CN1CCN(C(C)C)C(C)(C)C1.C=C1CCN(C(C)C)C(C)(C)C1.C=S1CCN(C(C)C)C(C)(C)C1.CC(C)N1CCC(S(C)(=O)=O)CC1(C)C.CC(C)N1CCOCC1(C)C.CC(C)N1C[C@H](O)[C@H](O)CC1(C)C.CC1CCN(C(C)C)C(C)(C)C1.CCC1(CC(C)C)CCCN1C(C)C.CCCC1(CC)CCCN1C(C)C.COCC1(CC(C)C)CCCN1C(C)C.COCC1(CC(F)(F)F)CCCN1C(C)C. The minimum absolute atomic E-state index is 0.000162. The number of piperazine rings is 1. The van der Waals surface area contributed by atoms with Crippen LogP contribution >= 0.6 is 10.5 Å². The lowest BCUT2D eigenvalue weighted by Gasteiger charge is -2.48. The molecule has 11 fully saturated rings. The summed E-state index contributed by atoms with van der Waals surface area (Å²) in [5.41, 5.74) is 3.52. The van der Waals surface area contributed by atoms with Crippen LogP contribution in [0.4, 0.5) is 13.2 Å². The lowest BCUT2D eigenvalue weighted by atomic mass is 9.83. The number of terminal acetylenes is 1. The van der Waals surface area contributed by atoms with Gasteiger partial charge in [-0.25, -0.2) is 8.42 Å². The maximum Gasteiger partial charge on any atom is 0.390 e. The third-order valence-corrected chi connectivity index (χ3v) is 37.5. The molecule has 19 nitrogen and oxygen atoms in total. The lowest BCUT2D eigenvalue weighted by molar-refractivity contribution is -0.169. The van der Waals surface area contributed by atoms with Crippen molar-refractivity contribution in [3.8, 4) is 12.5 Å². The number of β-amino-alcohol motifs (C(OH)–C–C–N with tert-alkyl or cyclic N) is 1. The van der Waals surface area contributed by atoms with E-state index >= 15 is 0 Å². The van der Waals surface area contributed by atoms with Crippen LogP contribution < -0.4 is 0 Å². The van der Waals surface area contributed by atoms with E-state index in [0.717, 1.165) is 115 Å². The van der Waals surface area contributed by atoms with Gasteiger partial charge in [0.05, 0.1) is 55.8 Å². The van der Waals surface area contributed by atoms with Gasteiger partial charge in [0.15, 0.2) is 0 Å². The van der Waals surface area contributed by atoms with Crippen molar-refractivity contribution in [1.29, 1.82) is 0 Å². The van der Waals surface area contributed by atoms with Crippen molar-refractivity contribution in [2.75, 3.05) is 143 Å². The molecule has 146 heavy (non-hydrogen) atoms. The van der Waals surface area contributed by atoms with Crippen LogP contribution in [0, 0.1) is 30.2 Å². The largest absolute Gasteiger partial charge is 0.390 e. The molecule has 0 aromatic carbocycles. The van der Waals surface area contributed by atoms with E-state index in [-0.39, 0.29) is 40.1 Å². The second kappa shape index (κ2) is 63.3. The van der Waals surface area contributed by atoms with E-state index in [0.29, 0.717) is 111 Å². The molecule has 0 saturated carbocycles. The summed E-state index contributed by atoms with van der Waals surface area (Å²) >= 11 is 0. The molecule has 24 heteroatoms. The van der Waals surface area contributed by atoms with Crippen LogP contribution in [0.1, 0.15) is 446 Å². The Morgan fingerprint density at radius 2 is 0.822 bits per heavy atom. The van der Waals surface area contributed by atoms with Gasteiger partial charge in [-0.05, 0) is 428 Å². The van der Waals surface area contributed by atoms with Crippen molar-refractivity contribution in [1.82, 2.24) is 58.8 Å². The van der Waals surface area contributed by atoms with Gasteiger partial charge in [0.1, 0.15) is 9.84 Å². The number of hydrogen-bond donors (Lipinski definition) is 2. The minimum atomic E-state index is -4.13. The molecule has 7 unspecified atom stereocenters. The average Bonchev–Trinajstić information content (AvgIpc) is 0.878. The Morgan fingerprint density at radius 3 is 1.19 bits per heavy atom. The molecule has 11 aliphatic heterocycles. The zero-order chi connectivity index (χ0) is 113. The van der Waals surface area contributed by atoms with Crippen LogP contribution in [-0.2, 0) is 24.0 Å². The Kier molecular flexibility index (Phi) is 61.7. The fourth-order valence-corrected chi connectivity index (χ4v) is 31.5. The van der Waals surface area contributed by atoms with Crippen LogP contribution in [0.25, 0.3) is 0 Å². The first-order chi connectivity index (χ1) is 66.8. The minimum Gasteiger partial charge on any atom is -0.390 e. The molecule has 0 spiro atoms. The van der Waals surface area contributed by atoms with Gasteiger partial charge in [-0.15, -0.1) is 0 Å². The summed E-state index contributed by atoms with van der Waals surface area (Å²) in [4.78, 5) is 29.6. The molecule has 0 aromatic heterocycles. The van der Waals surface area contributed by atoms with Gasteiger partial charge >= 0.3 is 6.18 Å². The quantitative estimate of drug-likeness (QED) is 0.0508. The van der Waals surface area contributed by atoms with Crippen molar-refractivity contribution >= 4 is 26.2 Å². The van der Waals surface area contributed by atoms with Crippen molar-refractivity contribution in [2.45, 2.75) is 597 Å². The molecular weight excluding hydrogens is 1870 g/mol. The normalized spacial score (nSPS) is 28.7. The number of rotatable bonds is 25. The van der Waals surface area contributed by atoms with Crippen LogP contribution in [0.3, 0.4) is 0 Å². The number of nitrogens with zero attached hydrogens (tertiary/aromatic N) is 12. The highest BCUT2D eigenvalue weighted by Gasteiger charge is 2.51. The number of aliphatic hydroxyl groups excluding tert-OH is 2. The summed E-state index contributed by atoms with van der Waals surface area (Å²) in [6, 6.07) is 9.12. The van der Waals surface area contributed by atoms with Crippen LogP contribution in [0.5, 0.6) is 0 Å². The summed E-state index contributed by atoms with van der Waals surface area (Å²) in [6.45, 7) is 120. The third-order valence-electron chi connectivity index (χ3n) is 34.0. The number of morpholine rings is 1. The number of alkyl halides is 3. The fourth-order valence-electron chi connectivity index (χ4n) is 28.5. The van der Waals surface area contributed by atoms with Gasteiger partial charge in [-0.3, -0.25) is 53.9 Å². The smallest absolute Gasteiger partial charge is 0.390 e. The maximum absolute atomic E-state index is 12.6.